The van der Waals surface area contributed by atoms with E-state index in [1.165, 1.54) is 4.90 Å². The number of nitrogens with zero attached hydrogens (tertiary/aromatic N) is 1. The maximum atomic E-state index is 12.1. The minimum atomic E-state index is -0.315. The van der Waals surface area contributed by atoms with Crippen LogP contribution in [0.2, 0.25) is 0 Å². The second-order valence-electron chi connectivity index (χ2n) is 3.65. The van der Waals surface area contributed by atoms with Crippen molar-refractivity contribution in [2.45, 2.75) is 6.92 Å². The maximum absolute atomic E-state index is 12.1. The topological polar surface area (TPSA) is 49.4 Å². The molecule has 1 aliphatic heterocycles. The molecular weight excluding hydrogens is 272 g/mol. The second kappa shape index (κ2) is 4.25. The lowest BCUT2D eigenvalue weighted by atomic mass is 10.1. The first kappa shape index (κ1) is 11.1. The van der Waals surface area contributed by atoms with Gasteiger partial charge >= 0.3 is 6.03 Å². The molecule has 0 spiro atoms. The van der Waals surface area contributed by atoms with Crippen LogP contribution in [0.15, 0.2) is 22.7 Å². The van der Waals surface area contributed by atoms with Crippen molar-refractivity contribution in [3.63, 3.8) is 0 Å². The van der Waals surface area contributed by atoms with Crippen molar-refractivity contribution in [3.05, 3.63) is 33.8 Å². The molecule has 1 fully saturated rings. The van der Waals surface area contributed by atoms with Crippen molar-refractivity contribution < 1.29 is 9.59 Å². The molecule has 1 N–H and O–H groups in total. The standard InChI is InChI=1S/C11H11BrN2O2/c1-7-2-3-8(12)6-9(7)10(15)14-5-4-13-11(14)16/h2-3,6H,4-5H2,1H3,(H,13,16). The Labute approximate surface area is 102 Å². The fraction of sp³-hybridized carbons (Fsp3) is 0.273. The Morgan fingerprint density at radius 3 is 2.88 bits per heavy atom. The zero-order chi connectivity index (χ0) is 11.7. The molecule has 0 aliphatic carbocycles. The van der Waals surface area contributed by atoms with Crippen LogP contribution in [0.1, 0.15) is 15.9 Å². The predicted molar refractivity (Wildman–Crippen MR) is 63.3 cm³/mol. The van der Waals surface area contributed by atoms with E-state index in [9.17, 15) is 9.59 Å². The molecule has 0 saturated carbocycles. The molecule has 0 radical (unpaired) electrons. The first-order valence-corrected chi connectivity index (χ1v) is 5.75. The molecule has 0 unspecified atom stereocenters. The van der Waals surface area contributed by atoms with Crippen LogP contribution in [0.5, 0.6) is 0 Å². The largest absolute Gasteiger partial charge is 0.336 e. The van der Waals surface area contributed by atoms with E-state index < -0.39 is 0 Å². The number of hydrogen-bond donors (Lipinski definition) is 1. The summed E-state index contributed by atoms with van der Waals surface area (Å²) in [5, 5.41) is 2.61. The van der Waals surface area contributed by atoms with Gasteiger partial charge in [-0.15, -0.1) is 0 Å². The Morgan fingerprint density at radius 2 is 2.25 bits per heavy atom. The molecule has 1 heterocycles. The highest BCUT2D eigenvalue weighted by molar-refractivity contribution is 9.10. The molecule has 2 rings (SSSR count). The van der Waals surface area contributed by atoms with E-state index in [0.717, 1.165) is 10.0 Å². The van der Waals surface area contributed by atoms with E-state index in [-0.39, 0.29) is 11.9 Å². The van der Waals surface area contributed by atoms with Crippen molar-refractivity contribution in [1.29, 1.82) is 0 Å². The zero-order valence-corrected chi connectivity index (χ0v) is 10.4. The first-order chi connectivity index (χ1) is 7.59. The van der Waals surface area contributed by atoms with Gasteiger partial charge in [-0.2, -0.15) is 0 Å². The van der Waals surface area contributed by atoms with E-state index in [1.54, 1.807) is 6.07 Å². The number of amides is 3. The summed E-state index contributed by atoms with van der Waals surface area (Å²) in [6.07, 6.45) is 0. The molecule has 3 amide bonds. The third kappa shape index (κ3) is 1.95. The number of carbonyl (C=O) groups excluding carboxylic acids is 2. The summed E-state index contributed by atoms with van der Waals surface area (Å²) >= 11 is 3.32. The number of rotatable bonds is 1. The summed E-state index contributed by atoms with van der Waals surface area (Å²) in [4.78, 5) is 24.7. The van der Waals surface area contributed by atoms with Crippen LogP contribution in [-0.2, 0) is 0 Å². The molecule has 4 nitrogen and oxygen atoms in total. The quantitative estimate of drug-likeness (QED) is 0.856. The van der Waals surface area contributed by atoms with Gasteiger partial charge in [0.2, 0.25) is 0 Å². The number of carbonyl (C=O) groups is 2. The minimum absolute atomic E-state index is 0.242. The van der Waals surface area contributed by atoms with Crippen molar-refractivity contribution >= 4 is 27.9 Å². The van der Waals surface area contributed by atoms with Crippen molar-refractivity contribution in [2.75, 3.05) is 13.1 Å². The van der Waals surface area contributed by atoms with Crippen LogP contribution in [0.4, 0.5) is 4.79 Å². The minimum Gasteiger partial charge on any atom is -0.336 e. The van der Waals surface area contributed by atoms with Crippen LogP contribution >= 0.6 is 15.9 Å². The van der Waals surface area contributed by atoms with Gasteiger partial charge in [-0.25, -0.2) is 4.79 Å². The third-order valence-electron chi connectivity index (χ3n) is 2.53. The van der Waals surface area contributed by atoms with E-state index >= 15 is 0 Å². The highest BCUT2D eigenvalue weighted by Crippen LogP contribution is 2.18. The van der Waals surface area contributed by atoms with Gasteiger partial charge in [0.05, 0.1) is 0 Å². The van der Waals surface area contributed by atoms with Gasteiger partial charge in [-0.3, -0.25) is 9.69 Å². The van der Waals surface area contributed by atoms with Crippen LogP contribution in [0, 0.1) is 6.92 Å². The highest BCUT2D eigenvalue weighted by Gasteiger charge is 2.27. The van der Waals surface area contributed by atoms with Gasteiger partial charge in [0, 0.05) is 23.1 Å². The van der Waals surface area contributed by atoms with Crippen LogP contribution in [0.3, 0.4) is 0 Å². The maximum Gasteiger partial charge on any atom is 0.324 e. The monoisotopic (exact) mass is 282 g/mol. The van der Waals surface area contributed by atoms with Gasteiger partial charge < -0.3 is 5.32 Å². The fourth-order valence-corrected chi connectivity index (χ4v) is 2.00. The van der Waals surface area contributed by atoms with E-state index in [1.807, 2.05) is 19.1 Å². The van der Waals surface area contributed by atoms with Gasteiger partial charge in [0.15, 0.2) is 0 Å². The zero-order valence-electron chi connectivity index (χ0n) is 8.79. The molecule has 0 atom stereocenters. The van der Waals surface area contributed by atoms with Crippen molar-refractivity contribution in [1.82, 2.24) is 10.2 Å². The normalized spacial score (nSPS) is 15.1. The van der Waals surface area contributed by atoms with Crippen molar-refractivity contribution in [2.24, 2.45) is 0 Å². The molecule has 84 valence electrons. The summed E-state index contributed by atoms with van der Waals surface area (Å²) in [7, 11) is 0. The Kier molecular flexibility index (Phi) is 2.96. The smallest absolute Gasteiger partial charge is 0.324 e. The molecule has 5 heteroatoms. The summed E-state index contributed by atoms with van der Waals surface area (Å²) in [5.41, 5.74) is 1.43. The molecule has 1 aliphatic rings. The van der Waals surface area contributed by atoms with Crippen LogP contribution in [0.25, 0.3) is 0 Å². The Morgan fingerprint density at radius 1 is 1.50 bits per heavy atom. The number of urea groups is 1. The molecule has 1 aromatic carbocycles. The third-order valence-corrected chi connectivity index (χ3v) is 3.03. The molecule has 0 bridgehead atoms. The number of aryl methyl sites for hydroxylation is 1. The fourth-order valence-electron chi connectivity index (χ4n) is 1.64. The lowest BCUT2D eigenvalue weighted by Gasteiger charge is -2.13. The van der Waals surface area contributed by atoms with Gasteiger partial charge in [0.25, 0.3) is 5.91 Å². The predicted octanol–water partition coefficient (Wildman–Crippen LogP) is 1.92. The summed E-state index contributed by atoms with van der Waals surface area (Å²) in [5.74, 6) is -0.242. The summed E-state index contributed by atoms with van der Waals surface area (Å²) in [6.45, 7) is 2.81. The van der Waals surface area contributed by atoms with Crippen LogP contribution < -0.4 is 5.32 Å². The van der Waals surface area contributed by atoms with Crippen LogP contribution in [-0.4, -0.2) is 29.9 Å². The second-order valence-corrected chi connectivity index (χ2v) is 4.56. The summed E-state index contributed by atoms with van der Waals surface area (Å²) in [6, 6.07) is 5.15. The lowest BCUT2D eigenvalue weighted by Crippen LogP contribution is -2.34. The summed E-state index contributed by atoms with van der Waals surface area (Å²) < 4.78 is 0.834. The van der Waals surface area contributed by atoms with E-state index in [0.29, 0.717) is 18.7 Å². The van der Waals surface area contributed by atoms with E-state index in [2.05, 4.69) is 21.2 Å². The number of hydrogen-bond acceptors (Lipinski definition) is 2. The van der Waals surface area contributed by atoms with Gasteiger partial charge in [-0.05, 0) is 24.6 Å². The van der Waals surface area contributed by atoms with Gasteiger partial charge in [0.1, 0.15) is 0 Å². The Hall–Kier alpha value is -1.36. The molecular formula is C11H11BrN2O2. The SMILES string of the molecule is Cc1ccc(Br)cc1C(=O)N1CCNC1=O. The Balaban J connectivity index is 2.33. The lowest BCUT2D eigenvalue weighted by molar-refractivity contribution is 0.0828. The van der Waals surface area contributed by atoms with E-state index in [4.69, 9.17) is 0 Å². The molecule has 16 heavy (non-hydrogen) atoms. The van der Waals surface area contributed by atoms with Crippen molar-refractivity contribution in [3.8, 4) is 0 Å². The molecule has 0 aromatic heterocycles. The average Bonchev–Trinajstić information content (AvgIpc) is 2.67. The number of nitrogens with one attached hydrogen (secondary N) is 1. The highest BCUT2D eigenvalue weighted by atomic mass is 79.9. The number of halogens is 1. The average molecular weight is 283 g/mol. The number of benzene rings is 1. The number of imide groups is 1. The Bertz CT molecular complexity index is 459. The van der Waals surface area contributed by atoms with Gasteiger partial charge in [-0.1, -0.05) is 22.0 Å². The first-order valence-electron chi connectivity index (χ1n) is 4.95. The molecule has 1 saturated heterocycles. The molecule has 1 aromatic rings.